The van der Waals surface area contributed by atoms with Gasteiger partial charge in [0, 0.05) is 25.9 Å². The van der Waals surface area contributed by atoms with Crippen LogP contribution in [0.3, 0.4) is 0 Å². The lowest BCUT2D eigenvalue weighted by atomic mass is 10.2. The van der Waals surface area contributed by atoms with E-state index in [0.717, 1.165) is 37.0 Å². The number of aromatic nitrogens is 4. The lowest BCUT2D eigenvalue weighted by Gasteiger charge is -2.34. The molecule has 0 aromatic carbocycles. The fourth-order valence-electron chi connectivity index (χ4n) is 2.32. The molecule has 0 radical (unpaired) electrons. The number of nitrogens with zero attached hydrogens (tertiary/aromatic N) is 4. The first-order chi connectivity index (χ1) is 8.75. The van der Waals surface area contributed by atoms with Gasteiger partial charge in [0.1, 0.15) is 17.2 Å². The summed E-state index contributed by atoms with van der Waals surface area (Å²) in [6, 6.07) is 4.38. The van der Waals surface area contributed by atoms with Gasteiger partial charge in [-0.25, -0.2) is 0 Å². The summed E-state index contributed by atoms with van der Waals surface area (Å²) in [6.45, 7) is 4.61. The Hall–Kier alpha value is -1.82. The molecule has 1 saturated heterocycles. The van der Waals surface area contributed by atoms with E-state index < -0.39 is 0 Å². The molecule has 1 N–H and O–H groups in total. The second-order valence-corrected chi connectivity index (χ2v) is 4.59. The zero-order valence-corrected chi connectivity index (χ0v) is 10.6. The van der Waals surface area contributed by atoms with Crippen molar-refractivity contribution < 1.29 is 4.74 Å². The normalized spacial score (nSPS) is 20.3. The largest absolute Gasteiger partial charge is 0.377 e. The van der Waals surface area contributed by atoms with Gasteiger partial charge in [-0.2, -0.15) is 10.2 Å². The number of aryl methyl sites for hydroxylation is 1. The van der Waals surface area contributed by atoms with Gasteiger partial charge in [-0.3, -0.25) is 9.78 Å². The molecule has 2 aromatic rings. The molecule has 96 valence electrons. The number of nitrogens with one attached hydrogen (secondary N) is 1. The molecule has 1 atom stereocenters. The van der Waals surface area contributed by atoms with Crippen molar-refractivity contribution in [3.8, 4) is 11.4 Å². The van der Waals surface area contributed by atoms with E-state index in [1.54, 1.807) is 6.20 Å². The van der Waals surface area contributed by atoms with E-state index in [-0.39, 0.29) is 0 Å². The number of H-pyrrole nitrogens is 1. The molecule has 6 heteroatoms. The molecule has 6 nitrogen and oxygen atoms in total. The summed E-state index contributed by atoms with van der Waals surface area (Å²) in [4.78, 5) is 2.33. The van der Waals surface area contributed by atoms with Crippen LogP contribution in [0.5, 0.6) is 0 Å². The quantitative estimate of drug-likeness (QED) is 0.861. The maximum Gasteiger partial charge on any atom is 0.127 e. The number of rotatable bonds is 2. The van der Waals surface area contributed by atoms with Crippen LogP contribution in [0.4, 0.5) is 5.82 Å². The smallest absolute Gasteiger partial charge is 0.127 e. The van der Waals surface area contributed by atoms with Gasteiger partial charge < -0.3 is 9.64 Å². The molecule has 0 saturated carbocycles. The molecule has 1 fully saturated rings. The molecule has 3 heterocycles. The van der Waals surface area contributed by atoms with Crippen LogP contribution >= 0.6 is 0 Å². The first kappa shape index (κ1) is 11.3. The predicted octanol–water partition coefficient (Wildman–Crippen LogP) is 1.04. The summed E-state index contributed by atoms with van der Waals surface area (Å²) >= 11 is 0. The Morgan fingerprint density at radius 2 is 2.33 bits per heavy atom. The molecule has 0 bridgehead atoms. The van der Waals surface area contributed by atoms with Crippen molar-refractivity contribution >= 4 is 5.82 Å². The fourth-order valence-corrected chi connectivity index (χ4v) is 2.32. The number of ether oxygens (including phenoxy) is 1. The van der Waals surface area contributed by atoms with Gasteiger partial charge in [0.15, 0.2) is 0 Å². The summed E-state index contributed by atoms with van der Waals surface area (Å²) < 4.78 is 7.37. The Bertz CT molecular complexity index is 519. The lowest BCUT2D eigenvalue weighted by molar-refractivity contribution is 0.0981. The van der Waals surface area contributed by atoms with Gasteiger partial charge in [0.05, 0.1) is 19.3 Å². The SMILES string of the molecule is CC1COCCN1c1cc(-c2cc[nH]n2)nn1C. The molecule has 18 heavy (non-hydrogen) atoms. The van der Waals surface area contributed by atoms with Crippen LogP contribution < -0.4 is 4.90 Å². The zero-order chi connectivity index (χ0) is 12.5. The van der Waals surface area contributed by atoms with Crippen LogP contribution in [0.15, 0.2) is 18.3 Å². The first-order valence-corrected chi connectivity index (χ1v) is 6.14. The van der Waals surface area contributed by atoms with Crippen LogP contribution in [0.25, 0.3) is 11.4 Å². The highest BCUT2D eigenvalue weighted by molar-refractivity contribution is 5.59. The van der Waals surface area contributed by atoms with Gasteiger partial charge >= 0.3 is 0 Å². The highest BCUT2D eigenvalue weighted by atomic mass is 16.5. The molecule has 1 unspecified atom stereocenters. The molecule has 0 aliphatic carbocycles. The highest BCUT2D eigenvalue weighted by Gasteiger charge is 2.22. The molecular formula is C12H17N5O. The maximum absolute atomic E-state index is 5.46. The van der Waals surface area contributed by atoms with Crippen molar-refractivity contribution in [3.63, 3.8) is 0 Å². The van der Waals surface area contributed by atoms with Crippen molar-refractivity contribution in [2.75, 3.05) is 24.7 Å². The van der Waals surface area contributed by atoms with Crippen molar-refractivity contribution in [1.29, 1.82) is 0 Å². The van der Waals surface area contributed by atoms with Gasteiger partial charge in [-0.1, -0.05) is 0 Å². The van der Waals surface area contributed by atoms with Crippen LogP contribution in [-0.4, -0.2) is 45.8 Å². The van der Waals surface area contributed by atoms with Crippen molar-refractivity contribution in [3.05, 3.63) is 18.3 Å². The zero-order valence-electron chi connectivity index (χ0n) is 10.6. The van der Waals surface area contributed by atoms with Crippen LogP contribution in [-0.2, 0) is 11.8 Å². The van der Waals surface area contributed by atoms with Crippen LogP contribution in [0.2, 0.25) is 0 Å². The van der Waals surface area contributed by atoms with E-state index in [1.165, 1.54) is 0 Å². The van der Waals surface area contributed by atoms with E-state index in [0.29, 0.717) is 6.04 Å². The fraction of sp³-hybridized carbons (Fsp3) is 0.500. The lowest BCUT2D eigenvalue weighted by Crippen LogP contribution is -2.44. The summed E-state index contributed by atoms with van der Waals surface area (Å²) in [5.74, 6) is 1.11. The monoisotopic (exact) mass is 247 g/mol. The van der Waals surface area contributed by atoms with Crippen LogP contribution in [0.1, 0.15) is 6.92 Å². The average Bonchev–Trinajstić information content (AvgIpc) is 2.99. The van der Waals surface area contributed by atoms with Crippen LogP contribution in [0, 0.1) is 0 Å². The minimum Gasteiger partial charge on any atom is -0.377 e. The topological polar surface area (TPSA) is 59.0 Å². The minimum absolute atomic E-state index is 0.376. The molecular weight excluding hydrogens is 230 g/mol. The van der Waals surface area contributed by atoms with E-state index in [2.05, 4.69) is 33.2 Å². The predicted molar refractivity (Wildman–Crippen MR) is 68.4 cm³/mol. The third kappa shape index (κ3) is 1.88. The maximum atomic E-state index is 5.46. The van der Waals surface area contributed by atoms with Gasteiger partial charge in [0.25, 0.3) is 0 Å². The standard InChI is InChI=1S/C12H17N5O/c1-9-8-18-6-5-17(9)12-7-11(15-16(12)2)10-3-4-13-14-10/h3-4,7,9H,5-6,8H2,1-2H3,(H,13,14). The first-order valence-electron chi connectivity index (χ1n) is 6.14. The Balaban J connectivity index is 1.93. The van der Waals surface area contributed by atoms with Gasteiger partial charge in [-0.05, 0) is 13.0 Å². The second-order valence-electron chi connectivity index (χ2n) is 4.59. The van der Waals surface area contributed by atoms with Gasteiger partial charge in [-0.15, -0.1) is 0 Å². The number of hydrogen-bond acceptors (Lipinski definition) is 4. The Morgan fingerprint density at radius 1 is 1.44 bits per heavy atom. The summed E-state index contributed by atoms with van der Waals surface area (Å²) in [5.41, 5.74) is 1.77. The summed E-state index contributed by atoms with van der Waals surface area (Å²) in [7, 11) is 1.97. The van der Waals surface area contributed by atoms with E-state index in [4.69, 9.17) is 4.74 Å². The molecule has 0 amide bonds. The Labute approximate surface area is 106 Å². The molecule has 3 rings (SSSR count). The van der Waals surface area contributed by atoms with Crippen molar-refractivity contribution in [2.45, 2.75) is 13.0 Å². The minimum atomic E-state index is 0.376. The van der Waals surface area contributed by atoms with Gasteiger partial charge in [0.2, 0.25) is 0 Å². The molecule has 0 spiro atoms. The molecule has 2 aromatic heterocycles. The average molecular weight is 247 g/mol. The third-order valence-electron chi connectivity index (χ3n) is 3.28. The van der Waals surface area contributed by atoms with Crippen molar-refractivity contribution in [2.24, 2.45) is 7.05 Å². The third-order valence-corrected chi connectivity index (χ3v) is 3.28. The number of aromatic amines is 1. The number of hydrogen-bond donors (Lipinski definition) is 1. The second kappa shape index (κ2) is 4.45. The Morgan fingerprint density at radius 3 is 3.06 bits per heavy atom. The molecule has 1 aliphatic rings. The highest BCUT2D eigenvalue weighted by Crippen LogP contribution is 2.24. The van der Waals surface area contributed by atoms with Crippen molar-refractivity contribution in [1.82, 2.24) is 20.0 Å². The van der Waals surface area contributed by atoms with E-state index in [1.807, 2.05) is 17.8 Å². The molecule has 1 aliphatic heterocycles. The number of morpholine rings is 1. The number of anilines is 1. The van der Waals surface area contributed by atoms with E-state index >= 15 is 0 Å². The van der Waals surface area contributed by atoms with E-state index in [9.17, 15) is 0 Å². The summed E-state index contributed by atoms with van der Waals surface area (Å²) in [5, 5.41) is 11.5. The Kier molecular flexibility index (Phi) is 2.79. The summed E-state index contributed by atoms with van der Waals surface area (Å²) in [6.07, 6.45) is 1.81.